The summed E-state index contributed by atoms with van der Waals surface area (Å²) in [5.74, 6) is -2.42. The molecular formula is C25H20F4N2O5. The van der Waals surface area contributed by atoms with Crippen molar-refractivity contribution in [3.63, 3.8) is 0 Å². The van der Waals surface area contributed by atoms with Gasteiger partial charge in [0.15, 0.2) is 0 Å². The van der Waals surface area contributed by atoms with Crippen LogP contribution >= 0.6 is 0 Å². The van der Waals surface area contributed by atoms with Gasteiger partial charge in [-0.05, 0) is 71.8 Å². The number of rotatable bonds is 9. The van der Waals surface area contributed by atoms with E-state index in [0.717, 1.165) is 24.3 Å². The molecule has 0 amide bonds. The third-order valence-corrected chi connectivity index (χ3v) is 4.85. The molecule has 0 heterocycles. The van der Waals surface area contributed by atoms with E-state index in [-0.39, 0.29) is 23.3 Å². The minimum atomic E-state index is -4.67. The van der Waals surface area contributed by atoms with Gasteiger partial charge in [0.1, 0.15) is 11.5 Å². The van der Waals surface area contributed by atoms with Gasteiger partial charge in [-0.1, -0.05) is 12.1 Å². The second-order valence-corrected chi connectivity index (χ2v) is 7.56. The molecule has 188 valence electrons. The molecule has 0 fully saturated rings. The quantitative estimate of drug-likeness (QED) is 0.123. The average molecular weight is 504 g/mol. The highest BCUT2D eigenvalue weighted by atomic mass is 19.3. The van der Waals surface area contributed by atoms with E-state index < -0.39 is 30.2 Å². The Hall–Kier alpha value is -4.54. The molecule has 0 spiro atoms. The van der Waals surface area contributed by atoms with Gasteiger partial charge in [0.2, 0.25) is 0 Å². The van der Waals surface area contributed by atoms with Crippen LogP contribution in [0.25, 0.3) is 6.08 Å². The van der Waals surface area contributed by atoms with Gasteiger partial charge in [-0.2, -0.15) is 17.6 Å². The largest absolute Gasteiger partial charge is 0.478 e. The van der Waals surface area contributed by atoms with Gasteiger partial charge in [0, 0.05) is 23.4 Å². The topological polar surface area (TPSA) is 125 Å². The Balaban J connectivity index is 1.68. The van der Waals surface area contributed by atoms with Gasteiger partial charge < -0.3 is 26.0 Å². The SMILES string of the molecule is Nc1ccc(N)c(C/C(=C\c2ccc(OC(=O)c3ccc(OC(F)(F)C(F)F)cc3)cc2)C(=O)O)c1. The highest BCUT2D eigenvalue weighted by molar-refractivity contribution is 5.93. The number of carboxylic acid groups (broad SMARTS) is 1. The predicted molar refractivity (Wildman–Crippen MR) is 124 cm³/mol. The fourth-order valence-electron chi connectivity index (χ4n) is 3.03. The lowest BCUT2D eigenvalue weighted by atomic mass is 10.0. The van der Waals surface area contributed by atoms with Crippen molar-refractivity contribution in [3.05, 3.63) is 89.0 Å². The minimum absolute atomic E-state index is 0.0336. The molecule has 0 bridgehead atoms. The van der Waals surface area contributed by atoms with Crippen molar-refractivity contribution in [2.45, 2.75) is 19.0 Å². The molecule has 36 heavy (non-hydrogen) atoms. The van der Waals surface area contributed by atoms with E-state index in [1.807, 2.05) is 0 Å². The van der Waals surface area contributed by atoms with Gasteiger partial charge in [-0.15, -0.1) is 0 Å². The van der Waals surface area contributed by atoms with E-state index in [0.29, 0.717) is 22.5 Å². The Kier molecular flexibility index (Phi) is 7.83. The molecule has 0 saturated carbocycles. The van der Waals surface area contributed by atoms with Crippen LogP contribution in [0.2, 0.25) is 0 Å². The Morgan fingerprint density at radius 2 is 1.56 bits per heavy atom. The summed E-state index contributed by atoms with van der Waals surface area (Å²) in [6.07, 6.45) is -7.21. The average Bonchev–Trinajstić information content (AvgIpc) is 2.82. The van der Waals surface area contributed by atoms with Crippen LogP contribution in [0.1, 0.15) is 21.5 Å². The Labute approximate surface area is 202 Å². The van der Waals surface area contributed by atoms with E-state index in [9.17, 15) is 32.3 Å². The normalized spacial score (nSPS) is 11.9. The van der Waals surface area contributed by atoms with Crippen LogP contribution in [-0.2, 0) is 11.2 Å². The molecule has 3 aromatic rings. The maximum Gasteiger partial charge on any atom is 0.461 e. The summed E-state index contributed by atoms with van der Waals surface area (Å²) in [6.45, 7) is 0. The molecule has 0 atom stereocenters. The third-order valence-electron chi connectivity index (χ3n) is 4.85. The van der Waals surface area contributed by atoms with Crippen molar-refractivity contribution in [2.75, 3.05) is 11.5 Å². The predicted octanol–water partition coefficient (Wildman–Crippen LogP) is 5.02. The lowest BCUT2D eigenvalue weighted by Crippen LogP contribution is -2.33. The van der Waals surface area contributed by atoms with Gasteiger partial charge >= 0.3 is 24.5 Å². The van der Waals surface area contributed by atoms with E-state index in [1.54, 1.807) is 18.2 Å². The number of hydrogen-bond acceptors (Lipinski definition) is 6. The number of ether oxygens (including phenoxy) is 2. The van der Waals surface area contributed by atoms with Crippen molar-refractivity contribution < 1.29 is 41.7 Å². The van der Waals surface area contributed by atoms with Gasteiger partial charge in [-0.25, -0.2) is 9.59 Å². The second-order valence-electron chi connectivity index (χ2n) is 7.56. The monoisotopic (exact) mass is 504 g/mol. The first-order valence-corrected chi connectivity index (χ1v) is 10.3. The molecule has 0 radical (unpaired) electrons. The number of nitrogens with two attached hydrogens (primary N) is 2. The van der Waals surface area contributed by atoms with Crippen molar-refractivity contribution in [1.82, 2.24) is 0 Å². The number of halogens is 4. The zero-order chi connectivity index (χ0) is 26.5. The van der Waals surface area contributed by atoms with Crippen LogP contribution in [0, 0.1) is 0 Å². The molecule has 0 unspecified atom stereocenters. The van der Waals surface area contributed by atoms with E-state index >= 15 is 0 Å². The number of aliphatic carboxylic acids is 1. The molecule has 3 rings (SSSR count). The molecule has 11 heteroatoms. The maximum atomic E-state index is 13.0. The van der Waals surface area contributed by atoms with Crippen molar-refractivity contribution in [1.29, 1.82) is 0 Å². The lowest BCUT2D eigenvalue weighted by Gasteiger charge is -2.16. The third kappa shape index (κ3) is 6.75. The second kappa shape index (κ2) is 10.8. The number of carboxylic acids is 1. The van der Waals surface area contributed by atoms with Crippen LogP contribution < -0.4 is 20.9 Å². The number of alkyl halides is 4. The molecular weight excluding hydrogens is 484 g/mol. The number of nitrogen functional groups attached to an aromatic ring is 2. The molecule has 0 aromatic heterocycles. The summed E-state index contributed by atoms with van der Waals surface area (Å²) in [7, 11) is 0. The van der Waals surface area contributed by atoms with Crippen molar-refractivity contribution in [2.24, 2.45) is 0 Å². The van der Waals surface area contributed by atoms with Gasteiger partial charge in [0.25, 0.3) is 0 Å². The zero-order valence-corrected chi connectivity index (χ0v) is 18.5. The van der Waals surface area contributed by atoms with Crippen LogP contribution in [-0.4, -0.2) is 29.6 Å². The summed E-state index contributed by atoms with van der Waals surface area (Å²) in [5.41, 5.74) is 13.6. The van der Waals surface area contributed by atoms with Crippen molar-refractivity contribution in [3.8, 4) is 11.5 Å². The Morgan fingerprint density at radius 1 is 0.944 bits per heavy atom. The van der Waals surface area contributed by atoms with Crippen LogP contribution in [0.3, 0.4) is 0 Å². The van der Waals surface area contributed by atoms with E-state index in [1.165, 1.54) is 30.3 Å². The van der Waals surface area contributed by atoms with Crippen LogP contribution in [0.4, 0.5) is 28.9 Å². The number of benzene rings is 3. The Bertz CT molecular complexity index is 1280. The Morgan fingerprint density at radius 3 is 2.14 bits per heavy atom. The molecule has 0 aliphatic heterocycles. The first kappa shape index (κ1) is 26.1. The standard InChI is InChI=1S/C25H20F4N2O5/c26-24(27)25(28,29)36-20-8-3-15(4-9-20)23(34)35-19-6-1-14(2-7-19)11-17(22(32)33)12-16-13-18(30)5-10-21(16)31/h1-11,13,24H,12,30-31H2,(H,32,33)/b17-11+. The highest BCUT2D eigenvalue weighted by Gasteiger charge is 2.43. The van der Waals surface area contributed by atoms with Crippen LogP contribution in [0.15, 0.2) is 72.3 Å². The lowest BCUT2D eigenvalue weighted by molar-refractivity contribution is -0.253. The molecule has 0 saturated heterocycles. The number of anilines is 2. The molecule has 7 nitrogen and oxygen atoms in total. The number of carbonyl (C=O) groups is 2. The van der Waals surface area contributed by atoms with Crippen LogP contribution in [0.5, 0.6) is 11.5 Å². The zero-order valence-electron chi connectivity index (χ0n) is 18.5. The molecule has 0 aliphatic rings. The van der Waals surface area contributed by atoms with Gasteiger partial charge in [0.05, 0.1) is 5.56 Å². The summed E-state index contributed by atoms with van der Waals surface area (Å²) in [6, 6.07) is 14.7. The number of esters is 1. The van der Waals surface area contributed by atoms with E-state index in [2.05, 4.69) is 4.74 Å². The smallest absolute Gasteiger partial charge is 0.461 e. The molecule has 0 aliphatic carbocycles. The summed E-state index contributed by atoms with van der Waals surface area (Å²) >= 11 is 0. The summed E-state index contributed by atoms with van der Waals surface area (Å²) < 4.78 is 59.5. The first-order chi connectivity index (χ1) is 16.9. The molecule has 5 N–H and O–H groups in total. The fourth-order valence-corrected chi connectivity index (χ4v) is 3.03. The number of carbonyl (C=O) groups excluding carboxylic acids is 1. The maximum absolute atomic E-state index is 13.0. The van der Waals surface area contributed by atoms with E-state index in [4.69, 9.17) is 16.2 Å². The highest BCUT2D eigenvalue weighted by Crippen LogP contribution is 2.28. The number of hydrogen-bond donors (Lipinski definition) is 3. The van der Waals surface area contributed by atoms with Gasteiger partial charge in [-0.3, -0.25) is 0 Å². The summed E-state index contributed by atoms with van der Waals surface area (Å²) in [5, 5.41) is 9.57. The molecule has 3 aromatic carbocycles. The summed E-state index contributed by atoms with van der Waals surface area (Å²) in [4.78, 5) is 24.0. The minimum Gasteiger partial charge on any atom is -0.478 e. The first-order valence-electron chi connectivity index (χ1n) is 10.3. The fraction of sp³-hybridized carbons (Fsp3) is 0.120. The van der Waals surface area contributed by atoms with Crippen molar-refractivity contribution >= 4 is 29.4 Å².